The highest BCUT2D eigenvalue weighted by Crippen LogP contribution is 2.49. The van der Waals surface area contributed by atoms with E-state index in [2.05, 4.69) is 111 Å². The van der Waals surface area contributed by atoms with Gasteiger partial charge in [-0.2, -0.15) is 0 Å². The lowest BCUT2D eigenvalue weighted by Crippen LogP contribution is -2.31. The lowest BCUT2D eigenvalue weighted by molar-refractivity contribution is 0.343. The van der Waals surface area contributed by atoms with Gasteiger partial charge in [-0.1, -0.05) is 43.5 Å². The quantitative estimate of drug-likeness (QED) is 0.295. The monoisotopic (exact) mass is 450 g/mol. The van der Waals surface area contributed by atoms with E-state index < -0.39 is 0 Å². The second-order valence-electron chi connectivity index (χ2n) is 10.6. The molecule has 0 amide bonds. The summed E-state index contributed by atoms with van der Waals surface area (Å²) in [6.07, 6.45) is 6.38. The van der Waals surface area contributed by atoms with Crippen molar-refractivity contribution in [1.29, 1.82) is 0 Å². The van der Waals surface area contributed by atoms with Gasteiger partial charge in [0.2, 0.25) is 0 Å². The maximum Gasteiger partial charge on any atom is 0.0457 e. The van der Waals surface area contributed by atoms with Crippen molar-refractivity contribution >= 4 is 0 Å². The Balaban J connectivity index is 1.71. The molecular formula is C32H38N2. The zero-order chi connectivity index (χ0) is 24.0. The van der Waals surface area contributed by atoms with Crippen LogP contribution in [0.1, 0.15) is 77.1 Å². The second kappa shape index (κ2) is 8.65. The van der Waals surface area contributed by atoms with E-state index in [1.54, 1.807) is 0 Å². The molecule has 1 aliphatic carbocycles. The molecule has 1 fully saturated rings. The molecule has 2 aromatic heterocycles. The van der Waals surface area contributed by atoms with Crippen molar-refractivity contribution in [1.82, 2.24) is 9.13 Å². The first kappa shape index (κ1) is 22.8. The van der Waals surface area contributed by atoms with Crippen LogP contribution >= 0.6 is 0 Å². The smallest absolute Gasteiger partial charge is 0.0457 e. The summed E-state index contributed by atoms with van der Waals surface area (Å²) in [5.41, 5.74) is 13.7. The number of hydrogen-bond donors (Lipinski definition) is 0. The summed E-state index contributed by atoms with van der Waals surface area (Å²) in [6, 6.07) is 22.8. The Morgan fingerprint density at radius 2 is 1.00 bits per heavy atom. The fourth-order valence-corrected chi connectivity index (χ4v) is 6.66. The first-order valence-corrected chi connectivity index (χ1v) is 12.8. The SMILES string of the molecule is Cc1cccc(-n2c(C)cc(C3(c4cc(C)n(-c5cccc(C)c5)c4C)CCCCC3)c2C)c1. The van der Waals surface area contributed by atoms with Crippen molar-refractivity contribution in [3.8, 4) is 11.4 Å². The molecule has 176 valence electrons. The average molecular weight is 451 g/mol. The molecule has 2 aromatic carbocycles. The third-order valence-electron chi connectivity index (χ3n) is 8.12. The number of aromatic nitrogens is 2. The Kier molecular flexibility index (Phi) is 5.80. The van der Waals surface area contributed by atoms with Crippen LogP contribution in [0, 0.1) is 41.5 Å². The summed E-state index contributed by atoms with van der Waals surface area (Å²) in [7, 11) is 0. The van der Waals surface area contributed by atoms with Crippen LogP contribution < -0.4 is 0 Å². The maximum absolute atomic E-state index is 2.49. The minimum absolute atomic E-state index is 0.0755. The van der Waals surface area contributed by atoms with Crippen molar-refractivity contribution in [2.45, 2.75) is 79.1 Å². The topological polar surface area (TPSA) is 9.86 Å². The van der Waals surface area contributed by atoms with E-state index in [0.29, 0.717) is 0 Å². The van der Waals surface area contributed by atoms with Gasteiger partial charge in [0.05, 0.1) is 0 Å². The zero-order valence-corrected chi connectivity index (χ0v) is 21.7. The van der Waals surface area contributed by atoms with E-state index >= 15 is 0 Å². The number of nitrogens with zero attached hydrogens (tertiary/aromatic N) is 2. The summed E-state index contributed by atoms with van der Waals surface area (Å²) in [5.74, 6) is 0. The molecule has 0 aliphatic heterocycles. The van der Waals surface area contributed by atoms with Crippen molar-refractivity contribution in [2.75, 3.05) is 0 Å². The van der Waals surface area contributed by atoms with Gasteiger partial charge in [-0.05, 0) is 113 Å². The third-order valence-corrected chi connectivity index (χ3v) is 8.12. The van der Waals surface area contributed by atoms with Crippen LogP contribution in [0.4, 0.5) is 0 Å². The van der Waals surface area contributed by atoms with E-state index in [1.807, 2.05) is 0 Å². The lowest BCUT2D eigenvalue weighted by atomic mass is 9.65. The van der Waals surface area contributed by atoms with Crippen molar-refractivity contribution in [2.24, 2.45) is 0 Å². The van der Waals surface area contributed by atoms with E-state index in [9.17, 15) is 0 Å². The van der Waals surface area contributed by atoms with Crippen LogP contribution in [0.3, 0.4) is 0 Å². The summed E-state index contributed by atoms with van der Waals surface area (Å²) in [5, 5.41) is 0. The highest BCUT2D eigenvalue weighted by molar-refractivity contribution is 5.53. The first-order valence-electron chi connectivity index (χ1n) is 12.8. The molecule has 1 aliphatic rings. The molecule has 0 unspecified atom stereocenters. The maximum atomic E-state index is 2.49. The molecule has 2 nitrogen and oxygen atoms in total. The summed E-state index contributed by atoms with van der Waals surface area (Å²) in [4.78, 5) is 0. The van der Waals surface area contributed by atoms with Crippen LogP contribution in [0.2, 0.25) is 0 Å². The van der Waals surface area contributed by atoms with Crippen LogP contribution in [0.25, 0.3) is 11.4 Å². The normalized spacial score (nSPS) is 15.6. The van der Waals surface area contributed by atoms with Gasteiger partial charge in [0.15, 0.2) is 0 Å². The van der Waals surface area contributed by atoms with Gasteiger partial charge in [0, 0.05) is 39.6 Å². The highest BCUT2D eigenvalue weighted by atomic mass is 15.0. The molecule has 2 heterocycles. The van der Waals surface area contributed by atoms with Gasteiger partial charge >= 0.3 is 0 Å². The Hall–Kier alpha value is -3.00. The molecule has 0 atom stereocenters. The molecule has 0 bridgehead atoms. The summed E-state index contributed by atoms with van der Waals surface area (Å²) >= 11 is 0. The number of benzene rings is 2. The minimum Gasteiger partial charge on any atom is -0.318 e. The molecule has 34 heavy (non-hydrogen) atoms. The van der Waals surface area contributed by atoms with Crippen LogP contribution in [0.15, 0.2) is 60.7 Å². The number of hydrogen-bond acceptors (Lipinski definition) is 0. The largest absolute Gasteiger partial charge is 0.318 e. The third kappa shape index (κ3) is 3.64. The molecule has 0 spiro atoms. The van der Waals surface area contributed by atoms with Gasteiger partial charge in [-0.3, -0.25) is 0 Å². The molecule has 1 saturated carbocycles. The van der Waals surface area contributed by atoms with E-state index in [4.69, 9.17) is 0 Å². The molecule has 0 N–H and O–H groups in total. The molecule has 4 aromatic rings. The van der Waals surface area contributed by atoms with Crippen molar-refractivity contribution in [3.05, 3.63) is 106 Å². The Morgan fingerprint density at radius 3 is 1.41 bits per heavy atom. The van der Waals surface area contributed by atoms with E-state index in [-0.39, 0.29) is 5.41 Å². The predicted molar refractivity (Wildman–Crippen MR) is 144 cm³/mol. The Labute approximate surface area is 205 Å². The lowest BCUT2D eigenvalue weighted by Gasteiger charge is -2.38. The van der Waals surface area contributed by atoms with E-state index in [1.165, 1.54) is 88.5 Å². The van der Waals surface area contributed by atoms with Crippen molar-refractivity contribution < 1.29 is 0 Å². The molecule has 2 heteroatoms. The van der Waals surface area contributed by atoms with Gasteiger partial charge in [-0.15, -0.1) is 0 Å². The average Bonchev–Trinajstić information content (AvgIpc) is 3.29. The number of aryl methyl sites for hydroxylation is 4. The fourth-order valence-electron chi connectivity index (χ4n) is 6.66. The Morgan fingerprint density at radius 1 is 0.559 bits per heavy atom. The molecule has 0 radical (unpaired) electrons. The van der Waals surface area contributed by atoms with Crippen LogP contribution in [0.5, 0.6) is 0 Å². The number of rotatable bonds is 4. The van der Waals surface area contributed by atoms with Gasteiger partial charge in [0.25, 0.3) is 0 Å². The summed E-state index contributed by atoms with van der Waals surface area (Å²) < 4.78 is 4.94. The van der Waals surface area contributed by atoms with Crippen molar-refractivity contribution in [3.63, 3.8) is 0 Å². The van der Waals surface area contributed by atoms with Gasteiger partial charge in [-0.25, -0.2) is 0 Å². The second-order valence-corrected chi connectivity index (χ2v) is 10.6. The minimum atomic E-state index is 0.0755. The van der Waals surface area contributed by atoms with Gasteiger partial charge < -0.3 is 9.13 Å². The van der Waals surface area contributed by atoms with Crippen LogP contribution in [-0.4, -0.2) is 9.13 Å². The van der Waals surface area contributed by atoms with Crippen LogP contribution in [-0.2, 0) is 5.41 Å². The van der Waals surface area contributed by atoms with E-state index in [0.717, 1.165) is 0 Å². The Bertz CT molecular complexity index is 1240. The standard InChI is InChI=1S/C32H38N2/c1-22-12-10-14-28(18-22)33-24(3)20-30(26(33)5)32(16-8-7-9-17-32)31-21-25(4)34(27(31)6)29-15-11-13-23(2)19-29/h10-15,18-21H,7-9,16-17H2,1-6H3. The first-order chi connectivity index (χ1) is 16.3. The summed E-state index contributed by atoms with van der Waals surface area (Å²) in [6.45, 7) is 13.6. The molecular weight excluding hydrogens is 412 g/mol. The predicted octanol–water partition coefficient (Wildman–Crippen LogP) is 8.37. The zero-order valence-electron chi connectivity index (χ0n) is 21.7. The highest BCUT2D eigenvalue weighted by Gasteiger charge is 2.40. The molecule has 0 saturated heterocycles. The fraction of sp³-hybridized carbons (Fsp3) is 0.375. The van der Waals surface area contributed by atoms with Gasteiger partial charge in [0.1, 0.15) is 0 Å². The molecule has 5 rings (SSSR count).